The standard InChI is InChI=1S/C12H8N4O5/c17-11-4-6-3-10(16(20)21)9(5-8(6)13-11)15-2-1-7(14-15)12(18)19/h1-3,5H,4H2,(H,13,17)(H,18,19). The summed E-state index contributed by atoms with van der Waals surface area (Å²) in [6.07, 6.45) is 1.39. The first-order valence-corrected chi connectivity index (χ1v) is 5.86. The van der Waals surface area contributed by atoms with Crippen LogP contribution in [0.25, 0.3) is 5.69 Å². The Kier molecular flexibility index (Phi) is 2.68. The van der Waals surface area contributed by atoms with Gasteiger partial charge in [0.2, 0.25) is 5.91 Å². The highest BCUT2D eigenvalue weighted by Gasteiger charge is 2.26. The van der Waals surface area contributed by atoms with Gasteiger partial charge in [0.25, 0.3) is 5.69 Å². The molecule has 1 aliphatic heterocycles. The number of aromatic nitrogens is 2. The number of nitro benzene ring substituents is 1. The maximum Gasteiger partial charge on any atom is 0.356 e. The van der Waals surface area contributed by atoms with Gasteiger partial charge in [-0.3, -0.25) is 14.9 Å². The van der Waals surface area contributed by atoms with Crippen molar-refractivity contribution in [3.63, 3.8) is 0 Å². The molecular formula is C12H8N4O5. The maximum absolute atomic E-state index is 11.3. The van der Waals surface area contributed by atoms with Crippen LogP contribution in [-0.2, 0) is 11.2 Å². The predicted molar refractivity (Wildman–Crippen MR) is 69.5 cm³/mol. The number of rotatable bonds is 3. The van der Waals surface area contributed by atoms with Gasteiger partial charge in [0.1, 0.15) is 5.69 Å². The Bertz CT molecular complexity index is 795. The minimum atomic E-state index is -1.23. The van der Waals surface area contributed by atoms with Crippen molar-refractivity contribution in [2.75, 3.05) is 5.32 Å². The number of fused-ring (bicyclic) bond motifs is 1. The molecule has 0 saturated carbocycles. The summed E-state index contributed by atoms with van der Waals surface area (Å²) in [6.45, 7) is 0. The first-order valence-electron chi connectivity index (χ1n) is 5.86. The number of nitrogens with one attached hydrogen (secondary N) is 1. The van der Waals surface area contributed by atoms with Gasteiger partial charge in [0, 0.05) is 18.0 Å². The van der Waals surface area contributed by atoms with E-state index < -0.39 is 10.9 Å². The van der Waals surface area contributed by atoms with Gasteiger partial charge in [0.15, 0.2) is 5.69 Å². The maximum atomic E-state index is 11.3. The molecule has 2 N–H and O–H groups in total. The normalized spacial score (nSPS) is 12.9. The largest absolute Gasteiger partial charge is 0.476 e. The third-order valence-corrected chi connectivity index (χ3v) is 3.08. The molecule has 0 radical (unpaired) electrons. The van der Waals surface area contributed by atoms with Crippen molar-refractivity contribution in [3.8, 4) is 5.69 Å². The summed E-state index contributed by atoms with van der Waals surface area (Å²) in [6, 6.07) is 3.94. The van der Waals surface area contributed by atoms with Crippen LogP contribution in [0.3, 0.4) is 0 Å². The zero-order chi connectivity index (χ0) is 15.1. The summed E-state index contributed by atoms with van der Waals surface area (Å²) in [7, 11) is 0. The average Bonchev–Trinajstić information content (AvgIpc) is 3.01. The molecule has 1 aromatic carbocycles. The van der Waals surface area contributed by atoms with Gasteiger partial charge in [-0.2, -0.15) is 5.10 Å². The van der Waals surface area contributed by atoms with E-state index in [0.717, 1.165) is 4.68 Å². The molecule has 1 aliphatic rings. The number of carbonyl (C=O) groups is 2. The van der Waals surface area contributed by atoms with E-state index in [4.69, 9.17) is 5.11 Å². The quantitative estimate of drug-likeness (QED) is 0.640. The number of carboxylic acids is 1. The smallest absolute Gasteiger partial charge is 0.356 e. The summed E-state index contributed by atoms with van der Waals surface area (Å²) in [4.78, 5) is 32.7. The molecule has 21 heavy (non-hydrogen) atoms. The van der Waals surface area contributed by atoms with Crippen molar-refractivity contribution in [1.82, 2.24) is 9.78 Å². The van der Waals surface area contributed by atoms with E-state index in [9.17, 15) is 19.7 Å². The molecule has 0 aliphatic carbocycles. The Labute approximate surface area is 117 Å². The van der Waals surface area contributed by atoms with E-state index in [1.807, 2.05) is 0 Å². The molecule has 106 valence electrons. The van der Waals surface area contributed by atoms with Crippen molar-refractivity contribution in [1.29, 1.82) is 0 Å². The number of carboxylic acid groups (broad SMARTS) is 1. The number of amides is 1. The number of nitrogens with zero attached hydrogens (tertiary/aromatic N) is 3. The summed E-state index contributed by atoms with van der Waals surface area (Å²) in [5.41, 5.74) is 0.613. The molecular weight excluding hydrogens is 280 g/mol. The highest BCUT2D eigenvalue weighted by atomic mass is 16.6. The second kappa shape index (κ2) is 4.40. The molecule has 0 fully saturated rings. The van der Waals surface area contributed by atoms with Gasteiger partial charge >= 0.3 is 5.97 Å². The molecule has 1 aromatic heterocycles. The molecule has 2 aromatic rings. The number of carbonyl (C=O) groups excluding carboxylic acids is 1. The van der Waals surface area contributed by atoms with Crippen molar-refractivity contribution in [2.45, 2.75) is 6.42 Å². The average molecular weight is 288 g/mol. The minimum Gasteiger partial charge on any atom is -0.476 e. The van der Waals surface area contributed by atoms with Gasteiger partial charge in [-0.15, -0.1) is 0 Å². The van der Waals surface area contributed by atoms with E-state index in [-0.39, 0.29) is 29.4 Å². The van der Waals surface area contributed by atoms with Gasteiger partial charge in [0.05, 0.1) is 11.3 Å². The highest BCUT2D eigenvalue weighted by Crippen LogP contribution is 2.33. The molecule has 1 amide bonds. The molecule has 0 atom stereocenters. The van der Waals surface area contributed by atoms with Gasteiger partial charge in [-0.25, -0.2) is 9.48 Å². The van der Waals surface area contributed by atoms with E-state index in [2.05, 4.69) is 10.4 Å². The molecule has 2 heterocycles. The molecule has 0 bridgehead atoms. The van der Waals surface area contributed by atoms with Crippen LogP contribution in [0.15, 0.2) is 24.4 Å². The number of hydrogen-bond acceptors (Lipinski definition) is 5. The fourth-order valence-corrected chi connectivity index (χ4v) is 2.15. The molecule has 9 nitrogen and oxygen atoms in total. The van der Waals surface area contributed by atoms with Crippen LogP contribution >= 0.6 is 0 Å². The van der Waals surface area contributed by atoms with Crippen LogP contribution in [0.5, 0.6) is 0 Å². The van der Waals surface area contributed by atoms with Crippen molar-refractivity contribution < 1.29 is 19.6 Å². The second-order valence-electron chi connectivity index (χ2n) is 4.43. The van der Waals surface area contributed by atoms with Crippen LogP contribution in [0.2, 0.25) is 0 Å². The van der Waals surface area contributed by atoms with E-state index in [1.165, 1.54) is 24.4 Å². The molecule has 0 spiro atoms. The van der Waals surface area contributed by atoms with Crippen LogP contribution in [-0.4, -0.2) is 31.7 Å². The number of anilines is 1. The van der Waals surface area contributed by atoms with E-state index >= 15 is 0 Å². The topological polar surface area (TPSA) is 127 Å². The number of aromatic carboxylic acids is 1. The fraction of sp³-hybridized carbons (Fsp3) is 0.0833. The van der Waals surface area contributed by atoms with Crippen LogP contribution in [0.1, 0.15) is 16.1 Å². The lowest BCUT2D eigenvalue weighted by atomic mass is 10.1. The number of benzene rings is 1. The summed E-state index contributed by atoms with van der Waals surface area (Å²) in [5, 5.41) is 26.4. The second-order valence-corrected chi connectivity index (χ2v) is 4.43. The Morgan fingerprint density at radius 2 is 2.24 bits per heavy atom. The summed E-state index contributed by atoms with van der Waals surface area (Å²) < 4.78 is 1.10. The minimum absolute atomic E-state index is 0.0793. The number of nitro groups is 1. The lowest BCUT2D eigenvalue weighted by Gasteiger charge is -2.06. The third kappa shape index (κ3) is 2.10. The highest BCUT2D eigenvalue weighted by molar-refractivity contribution is 6.00. The Balaban J connectivity index is 2.16. The van der Waals surface area contributed by atoms with Gasteiger partial charge in [-0.1, -0.05) is 0 Å². The monoisotopic (exact) mass is 288 g/mol. The molecule has 9 heteroatoms. The molecule has 0 saturated heterocycles. The van der Waals surface area contributed by atoms with Crippen LogP contribution in [0.4, 0.5) is 11.4 Å². The summed E-state index contributed by atoms with van der Waals surface area (Å²) >= 11 is 0. The third-order valence-electron chi connectivity index (χ3n) is 3.08. The predicted octanol–water partition coefficient (Wildman–Crippen LogP) is 0.973. The Hall–Kier alpha value is -3.23. The van der Waals surface area contributed by atoms with Crippen LogP contribution in [0, 0.1) is 10.1 Å². The first kappa shape index (κ1) is 12.8. The fourth-order valence-electron chi connectivity index (χ4n) is 2.15. The summed E-state index contributed by atoms with van der Waals surface area (Å²) in [5.74, 6) is -1.48. The zero-order valence-corrected chi connectivity index (χ0v) is 10.4. The Morgan fingerprint density at radius 3 is 2.86 bits per heavy atom. The SMILES string of the molecule is O=C1Cc2cc([N+](=O)[O-])c(-n3ccc(C(=O)O)n3)cc2N1. The molecule has 0 unspecified atom stereocenters. The van der Waals surface area contributed by atoms with E-state index in [1.54, 1.807) is 0 Å². The Morgan fingerprint density at radius 1 is 1.48 bits per heavy atom. The van der Waals surface area contributed by atoms with Crippen molar-refractivity contribution in [3.05, 3.63) is 45.8 Å². The van der Waals surface area contributed by atoms with Crippen LogP contribution < -0.4 is 5.32 Å². The lowest BCUT2D eigenvalue weighted by molar-refractivity contribution is -0.384. The van der Waals surface area contributed by atoms with E-state index in [0.29, 0.717) is 11.3 Å². The van der Waals surface area contributed by atoms with Crippen molar-refractivity contribution in [2.24, 2.45) is 0 Å². The number of hydrogen-bond donors (Lipinski definition) is 2. The van der Waals surface area contributed by atoms with Crippen molar-refractivity contribution >= 4 is 23.3 Å². The van der Waals surface area contributed by atoms with Gasteiger partial charge < -0.3 is 10.4 Å². The lowest BCUT2D eigenvalue weighted by Crippen LogP contribution is -2.05. The van der Waals surface area contributed by atoms with Gasteiger partial charge in [-0.05, 0) is 17.7 Å². The molecule has 3 rings (SSSR count). The first-order chi connectivity index (χ1) is 9.95. The zero-order valence-electron chi connectivity index (χ0n) is 10.4.